The van der Waals surface area contributed by atoms with Gasteiger partial charge in [-0.15, -0.1) is 0 Å². The van der Waals surface area contributed by atoms with Crippen molar-refractivity contribution in [1.82, 2.24) is 9.97 Å². The van der Waals surface area contributed by atoms with Crippen LogP contribution in [0.15, 0.2) is 36.7 Å². The van der Waals surface area contributed by atoms with Crippen molar-refractivity contribution < 1.29 is 4.79 Å². The summed E-state index contributed by atoms with van der Waals surface area (Å²) >= 11 is 11.7. The highest BCUT2D eigenvalue weighted by atomic mass is 35.5. The zero-order chi connectivity index (χ0) is 14.5. The van der Waals surface area contributed by atoms with Crippen molar-refractivity contribution in [3.63, 3.8) is 0 Å². The largest absolute Gasteiger partial charge is 0.320 e. The fraction of sp³-hybridized carbons (Fsp3) is 0.154. The van der Waals surface area contributed by atoms with Crippen LogP contribution in [-0.2, 0) is 11.2 Å². The van der Waals surface area contributed by atoms with Gasteiger partial charge in [0.05, 0.1) is 6.04 Å². The third kappa shape index (κ3) is 3.66. The van der Waals surface area contributed by atoms with E-state index >= 15 is 0 Å². The molecule has 0 bridgehead atoms. The second-order valence-corrected chi connectivity index (χ2v) is 4.83. The quantitative estimate of drug-likeness (QED) is 0.849. The molecule has 1 amide bonds. The molecule has 0 saturated heterocycles. The fourth-order valence-electron chi connectivity index (χ4n) is 1.62. The number of hydrogen-bond donors (Lipinski definition) is 2. The summed E-state index contributed by atoms with van der Waals surface area (Å²) < 4.78 is 0. The molecule has 0 unspecified atom stereocenters. The highest BCUT2D eigenvalue weighted by Crippen LogP contribution is 2.25. The van der Waals surface area contributed by atoms with Gasteiger partial charge in [-0.25, -0.2) is 9.97 Å². The van der Waals surface area contributed by atoms with Gasteiger partial charge in [0.1, 0.15) is 12.0 Å². The third-order valence-corrected chi connectivity index (χ3v) is 3.21. The van der Waals surface area contributed by atoms with E-state index < -0.39 is 11.9 Å². The fourth-order valence-corrected chi connectivity index (χ4v) is 2.03. The van der Waals surface area contributed by atoms with E-state index in [0.29, 0.717) is 6.42 Å². The van der Waals surface area contributed by atoms with Crippen molar-refractivity contribution in [3.8, 4) is 0 Å². The molecule has 0 saturated carbocycles. The molecular formula is C13H12Cl2N4O. The molecule has 7 heteroatoms. The number of carbonyl (C=O) groups excluding carboxylic acids is 1. The second kappa shape index (κ2) is 6.65. The van der Waals surface area contributed by atoms with Gasteiger partial charge < -0.3 is 11.1 Å². The molecule has 0 aliphatic carbocycles. The van der Waals surface area contributed by atoms with Gasteiger partial charge in [0.25, 0.3) is 0 Å². The molecule has 0 fully saturated rings. The average molecular weight is 311 g/mol. The summed E-state index contributed by atoms with van der Waals surface area (Å²) in [5.41, 5.74) is 7.00. The van der Waals surface area contributed by atoms with E-state index in [1.807, 2.05) is 30.3 Å². The lowest BCUT2D eigenvalue weighted by Crippen LogP contribution is -2.37. The SMILES string of the molecule is N[C@@H](Cc1ccccc1)C(=O)Nc1c(Cl)ncnc1Cl. The molecule has 1 aromatic carbocycles. The maximum absolute atomic E-state index is 12.0. The lowest BCUT2D eigenvalue weighted by atomic mass is 10.1. The van der Waals surface area contributed by atoms with Crippen molar-refractivity contribution in [3.05, 3.63) is 52.5 Å². The first-order chi connectivity index (χ1) is 9.58. The van der Waals surface area contributed by atoms with E-state index in [1.165, 1.54) is 6.33 Å². The number of halogens is 2. The molecule has 1 atom stereocenters. The zero-order valence-corrected chi connectivity index (χ0v) is 11.9. The number of anilines is 1. The van der Waals surface area contributed by atoms with Crippen molar-refractivity contribution in [1.29, 1.82) is 0 Å². The van der Waals surface area contributed by atoms with E-state index in [4.69, 9.17) is 28.9 Å². The van der Waals surface area contributed by atoms with Gasteiger partial charge in [-0.05, 0) is 12.0 Å². The number of benzene rings is 1. The van der Waals surface area contributed by atoms with Gasteiger partial charge in [-0.2, -0.15) is 0 Å². The third-order valence-electron chi connectivity index (χ3n) is 2.64. The summed E-state index contributed by atoms with van der Waals surface area (Å²) in [5, 5.41) is 2.69. The van der Waals surface area contributed by atoms with E-state index in [0.717, 1.165) is 5.56 Å². The van der Waals surface area contributed by atoms with Crippen LogP contribution in [0.25, 0.3) is 0 Å². The number of amides is 1. The smallest absolute Gasteiger partial charge is 0.241 e. The number of hydrogen-bond acceptors (Lipinski definition) is 4. The molecule has 2 rings (SSSR count). The van der Waals surface area contributed by atoms with Gasteiger partial charge in [0, 0.05) is 0 Å². The first-order valence-electron chi connectivity index (χ1n) is 5.84. The lowest BCUT2D eigenvalue weighted by molar-refractivity contribution is -0.117. The Balaban J connectivity index is 2.05. The molecule has 2 aromatic rings. The summed E-state index contributed by atoms with van der Waals surface area (Å²) in [6, 6.07) is 8.76. The number of nitrogens with zero attached hydrogens (tertiary/aromatic N) is 2. The van der Waals surface area contributed by atoms with Gasteiger partial charge in [-0.1, -0.05) is 53.5 Å². The monoisotopic (exact) mass is 310 g/mol. The van der Waals surface area contributed by atoms with Crippen molar-refractivity contribution >= 4 is 34.8 Å². The molecule has 0 aliphatic rings. The number of aromatic nitrogens is 2. The Morgan fingerprint density at radius 1 is 1.20 bits per heavy atom. The van der Waals surface area contributed by atoms with Crippen molar-refractivity contribution in [2.24, 2.45) is 5.73 Å². The first kappa shape index (κ1) is 14.7. The Kier molecular flexibility index (Phi) is 4.89. The molecule has 3 N–H and O–H groups in total. The van der Waals surface area contributed by atoms with Gasteiger partial charge in [0.2, 0.25) is 5.91 Å². The van der Waals surface area contributed by atoms with Crippen molar-refractivity contribution in [2.75, 3.05) is 5.32 Å². The molecule has 1 heterocycles. The maximum atomic E-state index is 12.0. The van der Waals surface area contributed by atoms with Crippen LogP contribution in [0.5, 0.6) is 0 Å². The number of nitrogens with two attached hydrogens (primary N) is 1. The topological polar surface area (TPSA) is 80.9 Å². The summed E-state index contributed by atoms with van der Waals surface area (Å²) in [4.78, 5) is 19.5. The van der Waals surface area contributed by atoms with Gasteiger partial charge >= 0.3 is 0 Å². The Labute approximate surface area is 126 Å². The zero-order valence-electron chi connectivity index (χ0n) is 10.4. The first-order valence-corrected chi connectivity index (χ1v) is 6.60. The van der Waals surface area contributed by atoms with E-state index in [1.54, 1.807) is 0 Å². The Morgan fingerprint density at radius 3 is 2.40 bits per heavy atom. The standard InChI is InChI=1S/C13H12Cl2N4O/c14-11-10(12(15)18-7-17-11)19-13(20)9(16)6-8-4-2-1-3-5-8/h1-5,7,9H,6,16H2,(H,19,20)/t9-/m0/s1. The minimum absolute atomic E-state index is 0.0743. The maximum Gasteiger partial charge on any atom is 0.241 e. The summed E-state index contributed by atoms with van der Waals surface area (Å²) in [7, 11) is 0. The van der Waals surface area contributed by atoms with E-state index in [-0.39, 0.29) is 16.0 Å². The predicted octanol–water partition coefficient (Wildman–Crippen LogP) is 2.29. The van der Waals surface area contributed by atoms with Crippen molar-refractivity contribution in [2.45, 2.75) is 12.5 Å². The van der Waals surface area contributed by atoms with Crippen LogP contribution in [0, 0.1) is 0 Å². The predicted molar refractivity (Wildman–Crippen MR) is 78.8 cm³/mol. The second-order valence-electron chi connectivity index (χ2n) is 4.12. The van der Waals surface area contributed by atoms with Crippen LogP contribution < -0.4 is 11.1 Å². The molecule has 5 nitrogen and oxygen atoms in total. The van der Waals surface area contributed by atoms with E-state index in [2.05, 4.69) is 15.3 Å². The minimum Gasteiger partial charge on any atom is -0.320 e. The number of nitrogens with one attached hydrogen (secondary N) is 1. The minimum atomic E-state index is -0.718. The molecule has 0 aliphatic heterocycles. The summed E-state index contributed by atoms with van der Waals surface area (Å²) in [5.74, 6) is -0.396. The summed E-state index contributed by atoms with van der Waals surface area (Å²) in [6.45, 7) is 0. The highest BCUT2D eigenvalue weighted by molar-refractivity contribution is 6.38. The molecule has 20 heavy (non-hydrogen) atoms. The van der Waals surface area contributed by atoms with Crippen LogP contribution in [0.3, 0.4) is 0 Å². The molecule has 1 aromatic heterocycles. The normalized spacial score (nSPS) is 11.9. The van der Waals surface area contributed by atoms with Gasteiger partial charge in [0.15, 0.2) is 10.3 Å². The van der Waals surface area contributed by atoms with Crippen LogP contribution in [0.4, 0.5) is 5.69 Å². The van der Waals surface area contributed by atoms with Crippen LogP contribution in [-0.4, -0.2) is 21.9 Å². The van der Waals surface area contributed by atoms with Crippen LogP contribution >= 0.6 is 23.2 Å². The summed E-state index contributed by atoms with van der Waals surface area (Å²) in [6.07, 6.45) is 1.62. The molecule has 0 radical (unpaired) electrons. The Hall–Kier alpha value is -1.69. The van der Waals surface area contributed by atoms with Crippen LogP contribution in [0.2, 0.25) is 10.3 Å². The number of rotatable bonds is 4. The van der Waals surface area contributed by atoms with E-state index in [9.17, 15) is 4.79 Å². The lowest BCUT2D eigenvalue weighted by Gasteiger charge is -2.13. The van der Waals surface area contributed by atoms with Crippen LogP contribution in [0.1, 0.15) is 5.56 Å². The average Bonchev–Trinajstić information content (AvgIpc) is 2.44. The molecule has 0 spiro atoms. The Morgan fingerprint density at radius 2 is 1.80 bits per heavy atom. The molecule has 104 valence electrons. The highest BCUT2D eigenvalue weighted by Gasteiger charge is 2.18. The Bertz CT molecular complexity index is 586. The van der Waals surface area contributed by atoms with Gasteiger partial charge in [-0.3, -0.25) is 4.79 Å². The molecular weight excluding hydrogens is 299 g/mol. The number of carbonyl (C=O) groups is 1.